The average molecular weight is 278 g/mol. The van der Waals surface area contributed by atoms with Gasteiger partial charge in [-0.1, -0.05) is 6.07 Å². The Hall–Kier alpha value is -1.17. The fourth-order valence-corrected chi connectivity index (χ4v) is 3.12. The van der Waals surface area contributed by atoms with Crippen LogP contribution in [0.25, 0.3) is 10.8 Å². The third-order valence-corrected chi connectivity index (χ3v) is 4.34. The van der Waals surface area contributed by atoms with Gasteiger partial charge in [-0.05, 0) is 37.8 Å². The van der Waals surface area contributed by atoms with E-state index < -0.39 is 0 Å². The van der Waals surface area contributed by atoms with Gasteiger partial charge < -0.3 is 9.52 Å². The Bertz CT molecular complexity index is 536. The number of aliphatic hydroxyl groups excluding tert-OH is 1. The van der Waals surface area contributed by atoms with Crippen molar-refractivity contribution in [1.29, 1.82) is 0 Å². The standard InChI is InChI=1S/C14H18N2O2S/c1-10-12(9-16-6-2-4-11(17)8-16)15-14(18-10)13-5-3-7-19-13/h3,5,7,11,17H,2,4,6,8-9H2,1H3/t11-/m0/s1. The lowest BCUT2D eigenvalue weighted by Crippen LogP contribution is -2.37. The fourth-order valence-electron chi connectivity index (χ4n) is 2.47. The van der Waals surface area contributed by atoms with E-state index in [1.54, 1.807) is 11.3 Å². The number of β-amino-alcohol motifs (C(OH)–C–C–N with tert-alkyl or cyclic N) is 1. The normalized spacial score (nSPS) is 20.8. The van der Waals surface area contributed by atoms with Crippen LogP contribution >= 0.6 is 11.3 Å². The lowest BCUT2D eigenvalue weighted by molar-refractivity contribution is 0.0660. The number of likely N-dealkylation sites (tertiary alicyclic amines) is 1. The molecule has 1 saturated heterocycles. The molecular formula is C14H18N2O2S. The first-order valence-electron chi connectivity index (χ1n) is 6.63. The molecule has 0 aliphatic carbocycles. The summed E-state index contributed by atoms with van der Waals surface area (Å²) in [6, 6.07) is 4.02. The lowest BCUT2D eigenvalue weighted by Gasteiger charge is -2.29. The van der Waals surface area contributed by atoms with Crippen LogP contribution in [0.2, 0.25) is 0 Å². The highest BCUT2D eigenvalue weighted by Crippen LogP contribution is 2.26. The minimum atomic E-state index is -0.197. The topological polar surface area (TPSA) is 49.5 Å². The zero-order chi connectivity index (χ0) is 13.2. The first-order chi connectivity index (χ1) is 9.22. The molecule has 3 rings (SSSR count). The molecule has 2 aromatic rings. The molecule has 0 unspecified atom stereocenters. The molecule has 1 aliphatic rings. The number of rotatable bonds is 3. The van der Waals surface area contributed by atoms with Gasteiger partial charge in [0.25, 0.3) is 0 Å². The van der Waals surface area contributed by atoms with Gasteiger partial charge >= 0.3 is 0 Å². The van der Waals surface area contributed by atoms with Crippen LogP contribution < -0.4 is 0 Å². The minimum absolute atomic E-state index is 0.197. The first kappa shape index (κ1) is 12.8. The second kappa shape index (κ2) is 5.45. The van der Waals surface area contributed by atoms with Crippen LogP contribution in [-0.4, -0.2) is 34.2 Å². The predicted octanol–water partition coefficient (Wildman–Crippen LogP) is 2.67. The smallest absolute Gasteiger partial charge is 0.236 e. The van der Waals surface area contributed by atoms with Crippen molar-refractivity contribution in [2.45, 2.75) is 32.4 Å². The van der Waals surface area contributed by atoms with Crippen molar-refractivity contribution in [1.82, 2.24) is 9.88 Å². The molecule has 1 atom stereocenters. The van der Waals surface area contributed by atoms with E-state index in [4.69, 9.17) is 4.42 Å². The zero-order valence-corrected chi connectivity index (χ0v) is 11.8. The molecule has 0 spiro atoms. The summed E-state index contributed by atoms with van der Waals surface area (Å²) < 4.78 is 5.74. The molecule has 1 N–H and O–H groups in total. The van der Waals surface area contributed by atoms with E-state index >= 15 is 0 Å². The van der Waals surface area contributed by atoms with Gasteiger partial charge in [-0.15, -0.1) is 11.3 Å². The van der Waals surface area contributed by atoms with Gasteiger partial charge in [0, 0.05) is 13.1 Å². The Morgan fingerprint density at radius 3 is 3.21 bits per heavy atom. The molecule has 1 fully saturated rings. The number of thiophene rings is 1. The number of oxazole rings is 1. The maximum atomic E-state index is 9.70. The number of hydrogen-bond donors (Lipinski definition) is 1. The third kappa shape index (κ3) is 2.88. The van der Waals surface area contributed by atoms with Crippen molar-refractivity contribution < 1.29 is 9.52 Å². The van der Waals surface area contributed by atoms with Gasteiger partial charge in [-0.3, -0.25) is 4.90 Å². The number of aromatic nitrogens is 1. The van der Waals surface area contributed by atoms with Crippen LogP contribution in [0, 0.1) is 6.92 Å². The summed E-state index contributed by atoms with van der Waals surface area (Å²) in [5.74, 6) is 1.59. The van der Waals surface area contributed by atoms with Gasteiger partial charge in [0.1, 0.15) is 5.76 Å². The number of hydrogen-bond acceptors (Lipinski definition) is 5. The van der Waals surface area contributed by atoms with Crippen LogP contribution in [0.3, 0.4) is 0 Å². The van der Waals surface area contributed by atoms with E-state index in [1.165, 1.54) is 0 Å². The van der Waals surface area contributed by atoms with Crippen molar-refractivity contribution in [3.05, 3.63) is 29.0 Å². The molecule has 0 aromatic carbocycles. The number of piperidine rings is 1. The second-order valence-electron chi connectivity index (χ2n) is 5.03. The molecule has 102 valence electrons. The summed E-state index contributed by atoms with van der Waals surface area (Å²) in [5, 5.41) is 11.7. The lowest BCUT2D eigenvalue weighted by atomic mass is 10.1. The molecule has 2 aromatic heterocycles. The molecule has 0 amide bonds. The van der Waals surface area contributed by atoms with Crippen molar-refractivity contribution >= 4 is 11.3 Å². The van der Waals surface area contributed by atoms with Crippen molar-refractivity contribution in [2.24, 2.45) is 0 Å². The summed E-state index contributed by atoms with van der Waals surface area (Å²) in [6.07, 6.45) is 1.77. The number of aliphatic hydroxyl groups is 1. The van der Waals surface area contributed by atoms with Crippen molar-refractivity contribution in [2.75, 3.05) is 13.1 Å². The molecule has 3 heterocycles. The predicted molar refractivity (Wildman–Crippen MR) is 75.1 cm³/mol. The maximum absolute atomic E-state index is 9.70. The molecular weight excluding hydrogens is 260 g/mol. The highest BCUT2D eigenvalue weighted by atomic mass is 32.1. The summed E-state index contributed by atoms with van der Waals surface area (Å²) in [4.78, 5) is 7.90. The maximum Gasteiger partial charge on any atom is 0.236 e. The van der Waals surface area contributed by atoms with Crippen LogP contribution in [0.1, 0.15) is 24.3 Å². The van der Waals surface area contributed by atoms with Crippen LogP contribution in [-0.2, 0) is 6.54 Å². The van der Waals surface area contributed by atoms with E-state index in [-0.39, 0.29) is 6.10 Å². The summed E-state index contributed by atoms with van der Waals surface area (Å²) in [5.41, 5.74) is 0.984. The van der Waals surface area contributed by atoms with Gasteiger partial charge in [0.15, 0.2) is 0 Å². The third-order valence-electron chi connectivity index (χ3n) is 3.48. The monoisotopic (exact) mass is 278 g/mol. The van der Waals surface area contributed by atoms with Crippen LogP contribution in [0.4, 0.5) is 0 Å². The van der Waals surface area contributed by atoms with E-state index in [0.29, 0.717) is 5.89 Å². The minimum Gasteiger partial charge on any atom is -0.440 e. The quantitative estimate of drug-likeness (QED) is 0.937. The van der Waals surface area contributed by atoms with Crippen molar-refractivity contribution in [3.63, 3.8) is 0 Å². The zero-order valence-electron chi connectivity index (χ0n) is 11.0. The van der Waals surface area contributed by atoms with Crippen molar-refractivity contribution in [3.8, 4) is 10.8 Å². The van der Waals surface area contributed by atoms with Crippen LogP contribution in [0.15, 0.2) is 21.9 Å². The van der Waals surface area contributed by atoms with Crippen LogP contribution in [0.5, 0.6) is 0 Å². The van der Waals surface area contributed by atoms with Gasteiger partial charge in [0.2, 0.25) is 5.89 Å². The Kier molecular flexibility index (Phi) is 3.68. The molecule has 0 radical (unpaired) electrons. The SMILES string of the molecule is Cc1oc(-c2cccs2)nc1CN1CCC[C@H](O)C1. The average Bonchev–Trinajstić information content (AvgIpc) is 3.00. The molecule has 5 heteroatoms. The van der Waals surface area contributed by atoms with E-state index in [2.05, 4.69) is 9.88 Å². The second-order valence-corrected chi connectivity index (χ2v) is 5.98. The molecule has 1 aliphatic heterocycles. The number of aryl methyl sites for hydroxylation is 1. The Balaban J connectivity index is 1.74. The Morgan fingerprint density at radius 1 is 1.58 bits per heavy atom. The van der Waals surface area contributed by atoms with Gasteiger partial charge in [0.05, 0.1) is 16.7 Å². The highest BCUT2D eigenvalue weighted by molar-refractivity contribution is 7.13. The van der Waals surface area contributed by atoms with Gasteiger partial charge in [-0.25, -0.2) is 4.98 Å². The number of nitrogens with zero attached hydrogens (tertiary/aromatic N) is 2. The van der Waals surface area contributed by atoms with E-state index in [1.807, 2.05) is 24.4 Å². The Morgan fingerprint density at radius 2 is 2.47 bits per heavy atom. The Labute approximate surface area is 116 Å². The summed E-state index contributed by atoms with van der Waals surface area (Å²) in [7, 11) is 0. The molecule has 19 heavy (non-hydrogen) atoms. The van der Waals surface area contributed by atoms with E-state index in [0.717, 1.165) is 48.8 Å². The summed E-state index contributed by atoms with van der Waals surface area (Å²) in [6.45, 7) is 4.48. The first-order valence-corrected chi connectivity index (χ1v) is 7.51. The molecule has 0 saturated carbocycles. The summed E-state index contributed by atoms with van der Waals surface area (Å²) >= 11 is 1.63. The molecule has 4 nitrogen and oxygen atoms in total. The van der Waals surface area contributed by atoms with E-state index in [9.17, 15) is 5.11 Å². The fraction of sp³-hybridized carbons (Fsp3) is 0.500. The largest absolute Gasteiger partial charge is 0.440 e. The highest BCUT2D eigenvalue weighted by Gasteiger charge is 2.20. The van der Waals surface area contributed by atoms with Gasteiger partial charge in [-0.2, -0.15) is 0 Å². The molecule has 0 bridgehead atoms.